The van der Waals surface area contributed by atoms with E-state index in [4.69, 9.17) is 0 Å². The molecule has 0 aliphatic carbocycles. The number of halogens is 2. The third-order valence-corrected chi connectivity index (χ3v) is 6.50. The van der Waals surface area contributed by atoms with E-state index in [9.17, 15) is 17.6 Å². The van der Waals surface area contributed by atoms with Crippen molar-refractivity contribution in [1.29, 1.82) is 0 Å². The molecule has 1 heterocycles. The van der Waals surface area contributed by atoms with Crippen molar-refractivity contribution in [2.75, 3.05) is 11.1 Å². The lowest BCUT2D eigenvalue weighted by molar-refractivity contribution is -0.115. The highest BCUT2D eigenvalue weighted by Crippen LogP contribution is 2.27. The molecule has 2 aromatic rings. The summed E-state index contributed by atoms with van der Waals surface area (Å²) in [7, 11) is -3.47. The molecule has 0 radical (unpaired) electrons. The van der Waals surface area contributed by atoms with Gasteiger partial charge < -0.3 is 5.32 Å². The van der Waals surface area contributed by atoms with Crippen molar-refractivity contribution >= 4 is 48.7 Å². The summed E-state index contributed by atoms with van der Waals surface area (Å²) in [5.41, 5.74) is 0.428. The number of anilines is 1. The molecule has 4 nitrogen and oxygen atoms in total. The van der Waals surface area contributed by atoms with Crippen molar-refractivity contribution in [3.8, 4) is 0 Å². The standard InChI is InChI=1S/C13H11BrFNO3S2/c14-11-5-6-13(20-11)21(18,19)8-7-12(17)16-10-3-1-9(15)2-4-10/h1-6H,7-8H2,(H,16,17). The molecule has 1 N–H and O–H groups in total. The fourth-order valence-corrected chi connectivity index (χ4v) is 4.95. The van der Waals surface area contributed by atoms with Crippen molar-refractivity contribution in [3.05, 3.63) is 46.0 Å². The van der Waals surface area contributed by atoms with Gasteiger partial charge >= 0.3 is 0 Å². The zero-order chi connectivity index (χ0) is 15.5. The van der Waals surface area contributed by atoms with Crippen molar-refractivity contribution in [1.82, 2.24) is 0 Å². The molecule has 1 amide bonds. The minimum absolute atomic E-state index is 0.158. The van der Waals surface area contributed by atoms with Crippen LogP contribution in [0.2, 0.25) is 0 Å². The maximum absolute atomic E-state index is 12.7. The second-order valence-electron chi connectivity index (χ2n) is 4.18. The summed E-state index contributed by atoms with van der Waals surface area (Å²) in [4.78, 5) is 11.7. The van der Waals surface area contributed by atoms with Crippen LogP contribution >= 0.6 is 27.3 Å². The summed E-state index contributed by atoms with van der Waals surface area (Å²) in [6.07, 6.45) is -0.158. The molecule has 21 heavy (non-hydrogen) atoms. The molecule has 1 aromatic heterocycles. The highest BCUT2D eigenvalue weighted by atomic mass is 79.9. The smallest absolute Gasteiger partial charge is 0.225 e. The summed E-state index contributed by atoms with van der Waals surface area (Å²) in [5, 5.41) is 2.52. The van der Waals surface area contributed by atoms with E-state index in [2.05, 4.69) is 21.2 Å². The van der Waals surface area contributed by atoms with Gasteiger partial charge in [0.05, 0.1) is 9.54 Å². The molecule has 0 atom stereocenters. The Kier molecular flexibility index (Phi) is 5.13. The second kappa shape index (κ2) is 6.67. The molecule has 0 aliphatic heterocycles. The first-order valence-electron chi connectivity index (χ1n) is 5.90. The van der Waals surface area contributed by atoms with Gasteiger partial charge in [-0.2, -0.15) is 0 Å². The van der Waals surface area contributed by atoms with Gasteiger partial charge in [0.15, 0.2) is 9.84 Å². The Hall–Kier alpha value is -1.25. The molecule has 0 saturated heterocycles. The molecule has 1 aromatic carbocycles. The van der Waals surface area contributed by atoms with E-state index in [0.717, 1.165) is 15.1 Å². The van der Waals surface area contributed by atoms with Crippen LogP contribution in [0.3, 0.4) is 0 Å². The minimum atomic E-state index is -3.47. The van der Waals surface area contributed by atoms with Gasteiger partial charge in [0.2, 0.25) is 5.91 Å². The van der Waals surface area contributed by atoms with E-state index >= 15 is 0 Å². The maximum Gasteiger partial charge on any atom is 0.225 e. The van der Waals surface area contributed by atoms with E-state index in [-0.39, 0.29) is 16.4 Å². The van der Waals surface area contributed by atoms with Gasteiger partial charge in [0, 0.05) is 12.1 Å². The predicted molar refractivity (Wildman–Crippen MR) is 83.7 cm³/mol. The van der Waals surface area contributed by atoms with Crippen LogP contribution in [0.1, 0.15) is 6.42 Å². The lowest BCUT2D eigenvalue weighted by Crippen LogP contribution is -2.17. The number of amides is 1. The average molecular weight is 392 g/mol. The minimum Gasteiger partial charge on any atom is -0.326 e. The molecule has 2 rings (SSSR count). The van der Waals surface area contributed by atoms with Gasteiger partial charge in [-0.25, -0.2) is 12.8 Å². The zero-order valence-corrected chi connectivity index (χ0v) is 13.9. The van der Waals surface area contributed by atoms with Crippen molar-refractivity contribution in [2.24, 2.45) is 0 Å². The fraction of sp³-hybridized carbons (Fsp3) is 0.154. The number of carbonyl (C=O) groups is 1. The Morgan fingerprint density at radius 3 is 2.43 bits per heavy atom. The molecular formula is C13H11BrFNO3S2. The van der Waals surface area contributed by atoms with Crippen LogP contribution in [-0.2, 0) is 14.6 Å². The molecule has 8 heteroatoms. The Morgan fingerprint density at radius 1 is 1.19 bits per heavy atom. The van der Waals surface area contributed by atoms with Crippen LogP contribution in [-0.4, -0.2) is 20.1 Å². The normalized spacial score (nSPS) is 11.3. The zero-order valence-electron chi connectivity index (χ0n) is 10.7. The van der Waals surface area contributed by atoms with E-state index < -0.39 is 21.6 Å². The number of thiophene rings is 1. The van der Waals surface area contributed by atoms with Gasteiger partial charge in [-0.3, -0.25) is 4.79 Å². The van der Waals surface area contributed by atoms with Gasteiger partial charge in [-0.05, 0) is 52.3 Å². The third kappa shape index (κ3) is 4.62. The number of hydrogen-bond acceptors (Lipinski definition) is 4. The highest BCUT2D eigenvalue weighted by molar-refractivity contribution is 9.11. The van der Waals surface area contributed by atoms with Gasteiger partial charge in [-0.15, -0.1) is 11.3 Å². The fourth-order valence-electron chi connectivity index (χ4n) is 1.55. The Morgan fingerprint density at radius 2 is 1.86 bits per heavy atom. The molecule has 0 saturated carbocycles. The van der Waals surface area contributed by atoms with E-state index in [1.54, 1.807) is 6.07 Å². The number of sulfone groups is 1. The summed E-state index contributed by atoms with van der Waals surface area (Å²) in [6.45, 7) is 0. The summed E-state index contributed by atoms with van der Waals surface area (Å²) in [5.74, 6) is -1.10. The number of rotatable bonds is 5. The van der Waals surface area contributed by atoms with Crippen molar-refractivity contribution in [2.45, 2.75) is 10.6 Å². The summed E-state index contributed by atoms with van der Waals surface area (Å²) < 4.78 is 37.7. The maximum atomic E-state index is 12.7. The number of carbonyl (C=O) groups excluding carboxylic acids is 1. The molecule has 0 unspecified atom stereocenters. The highest BCUT2D eigenvalue weighted by Gasteiger charge is 2.18. The monoisotopic (exact) mass is 391 g/mol. The lowest BCUT2D eigenvalue weighted by Gasteiger charge is -2.05. The third-order valence-electron chi connectivity index (χ3n) is 2.58. The first kappa shape index (κ1) is 16.1. The second-order valence-corrected chi connectivity index (χ2v) is 8.98. The first-order chi connectivity index (χ1) is 9.87. The number of hydrogen-bond donors (Lipinski definition) is 1. The average Bonchev–Trinajstić information content (AvgIpc) is 2.87. The first-order valence-corrected chi connectivity index (χ1v) is 9.16. The van der Waals surface area contributed by atoms with Crippen LogP contribution in [0, 0.1) is 5.82 Å². The Bertz CT molecular complexity index is 741. The summed E-state index contributed by atoms with van der Waals surface area (Å²) in [6, 6.07) is 8.42. The molecule has 0 aliphatic rings. The van der Waals surface area contributed by atoms with Crippen LogP contribution in [0.4, 0.5) is 10.1 Å². The van der Waals surface area contributed by atoms with Crippen LogP contribution in [0.5, 0.6) is 0 Å². The van der Waals surface area contributed by atoms with Crippen LogP contribution in [0.25, 0.3) is 0 Å². The van der Waals surface area contributed by atoms with E-state index in [1.165, 1.54) is 30.3 Å². The van der Waals surface area contributed by atoms with Gasteiger partial charge in [0.1, 0.15) is 10.0 Å². The lowest BCUT2D eigenvalue weighted by atomic mass is 10.3. The summed E-state index contributed by atoms with van der Waals surface area (Å²) >= 11 is 4.31. The molecule has 0 fully saturated rings. The van der Waals surface area contributed by atoms with Gasteiger partial charge in [-0.1, -0.05) is 0 Å². The Labute approximate surface area is 134 Å². The van der Waals surface area contributed by atoms with Gasteiger partial charge in [0.25, 0.3) is 0 Å². The van der Waals surface area contributed by atoms with Crippen LogP contribution < -0.4 is 5.32 Å². The largest absolute Gasteiger partial charge is 0.326 e. The Balaban J connectivity index is 1.93. The molecule has 0 bridgehead atoms. The molecule has 112 valence electrons. The number of nitrogens with one attached hydrogen (secondary N) is 1. The number of benzene rings is 1. The quantitative estimate of drug-likeness (QED) is 0.848. The van der Waals surface area contributed by atoms with Crippen molar-refractivity contribution in [3.63, 3.8) is 0 Å². The molecule has 0 spiro atoms. The topological polar surface area (TPSA) is 63.2 Å². The van der Waals surface area contributed by atoms with E-state index in [0.29, 0.717) is 5.69 Å². The SMILES string of the molecule is O=C(CCS(=O)(=O)c1ccc(Br)s1)Nc1ccc(F)cc1. The van der Waals surface area contributed by atoms with Crippen LogP contribution in [0.15, 0.2) is 44.4 Å². The van der Waals surface area contributed by atoms with Crippen molar-refractivity contribution < 1.29 is 17.6 Å². The molecular weight excluding hydrogens is 381 g/mol. The van der Waals surface area contributed by atoms with E-state index in [1.807, 2.05) is 0 Å². The predicted octanol–water partition coefficient (Wildman–Crippen LogP) is 3.45.